The summed E-state index contributed by atoms with van der Waals surface area (Å²) in [6.07, 6.45) is 0. The minimum atomic E-state index is -0.482. The third-order valence-corrected chi connectivity index (χ3v) is 2.21. The third kappa shape index (κ3) is 2.92. The molecular formula is C13H16FNO. The Morgan fingerprint density at radius 1 is 1.50 bits per heavy atom. The van der Waals surface area contributed by atoms with E-state index in [-0.39, 0.29) is 11.5 Å². The van der Waals surface area contributed by atoms with E-state index in [0.29, 0.717) is 6.54 Å². The van der Waals surface area contributed by atoms with E-state index in [1.165, 1.54) is 11.0 Å². The van der Waals surface area contributed by atoms with Gasteiger partial charge in [0.1, 0.15) is 5.82 Å². The van der Waals surface area contributed by atoms with Crippen LogP contribution in [0.5, 0.6) is 0 Å². The fraction of sp³-hybridized carbons (Fsp3) is 0.308. The van der Waals surface area contributed by atoms with Gasteiger partial charge in [0, 0.05) is 13.6 Å². The van der Waals surface area contributed by atoms with E-state index >= 15 is 0 Å². The average Bonchev–Trinajstić information content (AvgIpc) is 2.19. The van der Waals surface area contributed by atoms with E-state index < -0.39 is 5.82 Å². The first-order valence-corrected chi connectivity index (χ1v) is 5.08. The molecule has 86 valence electrons. The number of likely N-dealkylation sites (N-methyl/N-ethyl adjacent to an activating group) is 1. The number of halogens is 1. The molecule has 1 amide bonds. The summed E-state index contributed by atoms with van der Waals surface area (Å²) in [5, 5.41) is 0. The zero-order valence-electron chi connectivity index (χ0n) is 9.88. The van der Waals surface area contributed by atoms with Gasteiger partial charge in [-0.15, -0.1) is 0 Å². The molecule has 3 heteroatoms. The predicted octanol–water partition coefficient (Wildman–Crippen LogP) is 2.78. The van der Waals surface area contributed by atoms with Gasteiger partial charge in [0.05, 0.1) is 5.56 Å². The molecular weight excluding hydrogens is 205 g/mol. The first-order valence-electron chi connectivity index (χ1n) is 5.08. The second kappa shape index (κ2) is 4.92. The molecule has 0 N–H and O–H groups in total. The fourth-order valence-electron chi connectivity index (χ4n) is 1.49. The van der Waals surface area contributed by atoms with Crippen molar-refractivity contribution in [3.8, 4) is 0 Å². The van der Waals surface area contributed by atoms with Crippen molar-refractivity contribution in [1.82, 2.24) is 4.90 Å². The topological polar surface area (TPSA) is 20.3 Å². The maximum absolute atomic E-state index is 13.4. The molecule has 0 radical (unpaired) electrons. The third-order valence-electron chi connectivity index (χ3n) is 2.21. The molecule has 0 unspecified atom stereocenters. The van der Waals surface area contributed by atoms with Crippen molar-refractivity contribution in [2.24, 2.45) is 0 Å². The van der Waals surface area contributed by atoms with Crippen LogP contribution in [-0.2, 0) is 0 Å². The maximum Gasteiger partial charge on any atom is 0.256 e. The summed E-state index contributed by atoms with van der Waals surface area (Å²) < 4.78 is 13.4. The predicted molar refractivity (Wildman–Crippen MR) is 62.9 cm³/mol. The molecule has 16 heavy (non-hydrogen) atoms. The number of carbonyl (C=O) groups excluding carboxylic acids is 1. The number of rotatable bonds is 3. The first kappa shape index (κ1) is 12.4. The number of hydrogen-bond donors (Lipinski definition) is 0. The van der Waals surface area contributed by atoms with E-state index in [9.17, 15) is 9.18 Å². The van der Waals surface area contributed by atoms with Crippen LogP contribution in [0.4, 0.5) is 4.39 Å². The van der Waals surface area contributed by atoms with Crippen LogP contribution in [-0.4, -0.2) is 24.4 Å². The molecule has 0 aliphatic heterocycles. The molecule has 0 bridgehead atoms. The fourth-order valence-corrected chi connectivity index (χ4v) is 1.49. The van der Waals surface area contributed by atoms with Gasteiger partial charge in [0.15, 0.2) is 0 Å². The molecule has 0 fully saturated rings. The average molecular weight is 221 g/mol. The highest BCUT2D eigenvalue weighted by Gasteiger charge is 2.15. The summed E-state index contributed by atoms with van der Waals surface area (Å²) in [5.74, 6) is -0.798. The van der Waals surface area contributed by atoms with E-state index in [1.54, 1.807) is 19.2 Å². The van der Waals surface area contributed by atoms with E-state index in [4.69, 9.17) is 0 Å². The standard InChI is InChI=1S/C13H16FNO/c1-9(2)8-15(4)13(16)11-7-10(3)5-6-12(11)14/h5-7H,1,8H2,2-4H3. The summed E-state index contributed by atoms with van der Waals surface area (Å²) >= 11 is 0. The number of carbonyl (C=O) groups is 1. The Balaban J connectivity index is 2.95. The molecule has 0 saturated heterocycles. The monoisotopic (exact) mass is 221 g/mol. The van der Waals surface area contributed by atoms with Gasteiger partial charge < -0.3 is 4.90 Å². The van der Waals surface area contributed by atoms with Crippen LogP contribution < -0.4 is 0 Å². The van der Waals surface area contributed by atoms with Crippen LogP contribution in [0.2, 0.25) is 0 Å². The lowest BCUT2D eigenvalue weighted by Gasteiger charge is -2.17. The maximum atomic E-state index is 13.4. The number of nitrogens with zero attached hydrogens (tertiary/aromatic N) is 1. The number of benzene rings is 1. The minimum Gasteiger partial charge on any atom is -0.338 e. The minimum absolute atomic E-state index is 0.115. The van der Waals surface area contributed by atoms with Crippen molar-refractivity contribution >= 4 is 5.91 Å². The summed E-state index contributed by atoms with van der Waals surface area (Å²) in [4.78, 5) is 13.4. The summed E-state index contributed by atoms with van der Waals surface area (Å²) in [5.41, 5.74) is 1.85. The molecule has 1 aromatic carbocycles. The lowest BCUT2D eigenvalue weighted by atomic mass is 10.1. The zero-order chi connectivity index (χ0) is 12.3. The molecule has 1 aromatic rings. The van der Waals surface area contributed by atoms with Crippen molar-refractivity contribution in [2.45, 2.75) is 13.8 Å². The van der Waals surface area contributed by atoms with Gasteiger partial charge in [-0.25, -0.2) is 4.39 Å². The van der Waals surface area contributed by atoms with Crippen LogP contribution >= 0.6 is 0 Å². The van der Waals surface area contributed by atoms with Gasteiger partial charge in [0.2, 0.25) is 0 Å². The van der Waals surface area contributed by atoms with Crippen LogP contribution in [0.15, 0.2) is 30.4 Å². The Morgan fingerprint density at radius 3 is 2.69 bits per heavy atom. The Labute approximate surface area is 95.4 Å². The quantitative estimate of drug-likeness (QED) is 0.719. The second-order valence-corrected chi connectivity index (χ2v) is 4.10. The van der Waals surface area contributed by atoms with E-state index in [0.717, 1.165) is 11.1 Å². The van der Waals surface area contributed by atoms with Gasteiger partial charge in [-0.05, 0) is 26.0 Å². The Bertz CT molecular complexity index is 426. The van der Waals surface area contributed by atoms with Gasteiger partial charge in [-0.1, -0.05) is 23.8 Å². The highest BCUT2D eigenvalue weighted by molar-refractivity contribution is 5.94. The molecule has 0 aliphatic carbocycles. The zero-order valence-corrected chi connectivity index (χ0v) is 9.88. The van der Waals surface area contributed by atoms with E-state index in [1.807, 2.05) is 13.8 Å². The van der Waals surface area contributed by atoms with Crippen LogP contribution in [0.1, 0.15) is 22.8 Å². The highest BCUT2D eigenvalue weighted by Crippen LogP contribution is 2.12. The summed E-state index contributed by atoms with van der Waals surface area (Å²) in [6, 6.07) is 4.52. The number of aryl methyl sites for hydroxylation is 1. The molecule has 0 atom stereocenters. The Hall–Kier alpha value is -1.64. The second-order valence-electron chi connectivity index (χ2n) is 4.10. The van der Waals surface area contributed by atoms with Crippen LogP contribution in [0.25, 0.3) is 0 Å². The van der Waals surface area contributed by atoms with Gasteiger partial charge in [0.25, 0.3) is 5.91 Å². The van der Waals surface area contributed by atoms with Gasteiger partial charge in [-0.2, -0.15) is 0 Å². The molecule has 0 heterocycles. The molecule has 2 nitrogen and oxygen atoms in total. The van der Waals surface area contributed by atoms with Crippen LogP contribution in [0.3, 0.4) is 0 Å². The molecule has 0 saturated carbocycles. The van der Waals surface area contributed by atoms with Crippen molar-refractivity contribution in [3.05, 3.63) is 47.3 Å². The first-order chi connectivity index (χ1) is 7.41. The lowest BCUT2D eigenvalue weighted by Crippen LogP contribution is -2.28. The molecule has 0 aliphatic rings. The van der Waals surface area contributed by atoms with Crippen molar-refractivity contribution in [1.29, 1.82) is 0 Å². The largest absolute Gasteiger partial charge is 0.338 e. The smallest absolute Gasteiger partial charge is 0.256 e. The Morgan fingerprint density at radius 2 is 2.12 bits per heavy atom. The molecule has 0 aromatic heterocycles. The summed E-state index contributed by atoms with van der Waals surface area (Å²) in [7, 11) is 1.64. The van der Waals surface area contributed by atoms with Crippen molar-refractivity contribution < 1.29 is 9.18 Å². The highest BCUT2D eigenvalue weighted by atomic mass is 19.1. The SMILES string of the molecule is C=C(C)CN(C)C(=O)c1cc(C)ccc1F. The summed E-state index contributed by atoms with van der Waals surface area (Å²) in [6.45, 7) is 7.82. The number of amides is 1. The molecule has 1 rings (SSSR count). The van der Waals surface area contributed by atoms with Crippen molar-refractivity contribution in [3.63, 3.8) is 0 Å². The number of hydrogen-bond acceptors (Lipinski definition) is 1. The van der Waals surface area contributed by atoms with Crippen molar-refractivity contribution in [2.75, 3.05) is 13.6 Å². The van der Waals surface area contributed by atoms with Gasteiger partial charge in [-0.3, -0.25) is 4.79 Å². The van der Waals surface area contributed by atoms with E-state index in [2.05, 4.69) is 6.58 Å². The lowest BCUT2D eigenvalue weighted by molar-refractivity contribution is 0.0802. The van der Waals surface area contributed by atoms with Gasteiger partial charge >= 0.3 is 0 Å². The molecule has 0 spiro atoms. The van der Waals surface area contributed by atoms with Crippen LogP contribution in [0, 0.1) is 12.7 Å². The Kier molecular flexibility index (Phi) is 3.82. The normalized spacial score (nSPS) is 10.0.